The molecule has 0 radical (unpaired) electrons. The highest BCUT2D eigenvalue weighted by molar-refractivity contribution is 8.13. The third kappa shape index (κ3) is 3.78. The summed E-state index contributed by atoms with van der Waals surface area (Å²) in [6.45, 7) is 3.25. The molecule has 0 amide bonds. The molecule has 0 aromatic rings. The van der Waals surface area contributed by atoms with Crippen molar-refractivity contribution in [3.63, 3.8) is 0 Å². The molecule has 1 N–H and O–H groups in total. The first-order valence-electron chi connectivity index (χ1n) is 3.82. The molecule has 0 atom stereocenters. The number of ether oxygens (including phenoxy) is 1. The topological polar surface area (TPSA) is 63.6 Å². The summed E-state index contributed by atoms with van der Waals surface area (Å²) in [6.07, 6.45) is 0. The van der Waals surface area contributed by atoms with Crippen molar-refractivity contribution in [1.29, 1.82) is 0 Å². The summed E-state index contributed by atoms with van der Waals surface area (Å²) in [5.41, 5.74) is -1.31. The molecule has 0 fully saturated rings. The van der Waals surface area contributed by atoms with Gasteiger partial charge in [-0.1, -0.05) is 11.8 Å². The number of hydrogen-bond acceptors (Lipinski definition) is 4. The van der Waals surface area contributed by atoms with Gasteiger partial charge < -0.3 is 9.84 Å². The zero-order chi connectivity index (χ0) is 10.5. The van der Waals surface area contributed by atoms with Crippen LogP contribution in [0.2, 0.25) is 0 Å². The van der Waals surface area contributed by atoms with Gasteiger partial charge in [0.25, 0.3) is 0 Å². The van der Waals surface area contributed by atoms with E-state index in [1.807, 2.05) is 0 Å². The summed E-state index contributed by atoms with van der Waals surface area (Å²) in [4.78, 5) is 21.9. The van der Waals surface area contributed by atoms with E-state index >= 15 is 0 Å². The van der Waals surface area contributed by atoms with Crippen molar-refractivity contribution in [2.24, 2.45) is 5.41 Å². The Morgan fingerprint density at radius 2 is 2.00 bits per heavy atom. The SMILES string of the molecule is COCCSC(=O)C(C)(C)C(=O)O. The molecule has 76 valence electrons. The first kappa shape index (κ1) is 12.4. The van der Waals surface area contributed by atoms with Gasteiger partial charge in [-0.25, -0.2) is 0 Å². The fraction of sp³-hybridized carbons (Fsp3) is 0.750. The summed E-state index contributed by atoms with van der Waals surface area (Å²) in [7, 11) is 1.54. The van der Waals surface area contributed by atoms with Crippen molar-refractivity contribution in [3.8, 4) is 0 Å². The van der Waals surface area contributed by atoms with Crippen molar-refractivity contribution >= 4 is 22.8 Å². The van der Waals surface area contributed by atoms with E-state index < -0.39 is 11.4 Å². The highest BCUT2D eigenvalue weighted by atomic mass is 32.2. The molecule has 0 aliphatic carbocycles. The zero-order valence-electron chi connectivity index (χ0n) is 7.99. The number of thioether (sulfide) groups is 1. The Morgan fingerprint density at radius 1 is 1.46 bits per heavy atom. The normalized spacial score (nSPS) is 11.3. The lowest BCUT2D eigenvalue weighted by Crippen LogP contribution is -2.31. The average molecular weight is 206 g/mol. The molecule has 0 saturated carbocycles. The Labute approximate surface area is 81.6 Å². The van der Waals surface area contributed by atoms with Gasteiger partial charge in [0.05, 0.1) is 6.61 Å². The van der Waals surface area contributed by atoms with Gasteiger partial charge >= 0.3 is 5.97 Å². The van der Waals surface area contributed by atoms with E-state index in [0.29, 0.717) is 12.4 Å². The van der Waals surface area contributed by atoms with Crippen molar-refractivity contribution in [2.75, 3.05) is 19.5 Å². The first-order chi connectivity index (χ1) is 5.92. The van der Waals surface area contributed by atoms with Gasteiger partial charge in [0.2, 0.25) is 5.12 Å². The zero-order valence-corrected chi connectivity index (χ0v) is 8.81. The monoisotopic (exact) mass is 206 g/mol. The molecule has 0 aromatic heterocycles. The summed E-state index contributed by atoms with van der Waals surface area (Å²) in [6, 6.07) is 0. The van der Waals surface area contributed by atoms with Gasteiger partial charge in [-0.3, -0.25) is 9.59 Å². The lowest BCUT2D eigenvalue weighted by atomic mass is 9.96. The van der Waals surface area contributed by atoms with Crippen LogP contribution in [0.15, 0.2) is 0 Å². The Bertz CT molecular complexity index is 200. The van der Waals surface area contributed by atoms with Gasteiger partial charge in [0, 0.05) is 12.9 Å². The molecule has 5 heteroatoms. The average Bonchev–Trinajstić information content (AvgIpc) is 2.04. The largest absolute Gasteiger partial charge is 0.480 e. The molecule has 13 heavy (non-hydrogen) atoms. The summed E-state index contributed by atoms with van der Waals surface area (Å²) in [5.74, 6) is -0.603. The molecule has 0 spiro atoms. The standard InChI is InChI=1S/C8H14O4S/c1-8(2,6(9)10)7(11)13-5-4-12-3/h4-5H2,1-3H3,(H,9,10). The second-order valence-electron chi connectivity index (χ2n) is 3.06. The molecule has 0 aromatic carbocycles. The number of carbonyl (C=O) groups is 2. The van der Waals surface area contributed by atoms with E-state index in [2.05, 4.69) is 0 Å². The quantitative estimate of drug-likeness (QED) is 0.537. The Kier molecular flexibility index (Phi) is 5.02. The molecule has 4 nitrogen and oxygen atoms in total. The van der Waals surface area contributed by atoms with Crippen LogP contribution in [0, 0.1) is 5.41 Å². The maximum Gasteiger partial charge on any atom is 0.317 e. The van der Waals surface area contributed by atoms with Crippen LogP contribution in [0.3, 0.4) is 0 Å². The fourth-order valence-electron chi connectivity index (χ4n) is 0.485. The number of methoxy groups -OCH3 is 1. The molecule has 0 aliphatic heterocycles. The van der Waals surface area contributed by atoms with Crippen LogP contribution < -0.4 is 0 Å². The lowest BCUT2D eigenvalue weighted by Gasteiger charge is -2.16. The van der Waals surface area contributed by atoms with Gasteiger partial charge in [-0.05, 0) is 13.8 Å². The highest BCUT2D eigenvalue weighted by Crippen LogP contribution is 2.23. The molecule has 0 saturated heterocycles. The van der Waals surface area contributed by atoms with E-state index in [1.54, 1.807) is 0 Å². The maximum absolute atomic E-state index is 11.3. The van der Waals surface area contributed by atoms with Crippen LogP contribution in [-0.4, -0.2) is 35.7 Å². The van der Waals surface area contributed by atoms with Crippen LogP contribution in [0.1, 0.15) is 13.8 Å². The molecule has 0 bridgehead atoms. The predicted octanol–water partition coefficient (Wildman–Crippen LogP) is 1.00. The molecule has 0 heterocycles. The van der Waals surface area contributed by atoms with Gasteiger partial charge in [-0.2, -0.15) is 0 Å². The Hall–Kier alpha value is -0.550. The second kappa shape index (κ2) is 5.24. The maximum atomic E-state index is 11.3. The molecular weight excluding hydrogens is 192 g/mol. The number of carbonyl (C=O) groups excluding carboxylic acids is 1. The van der Waals surface area contributed by atoms with E-state index in [4.69, 9.17) is 9.84 Å². The number of hydrogen-bond donors (Lipinski definition) is 1. The molecule has 0 unspecified atom stereocenters. The predicted molar refractivity (Wildman–Crippen MR) is 50.8 cm³/mol. The van der Waals surface area contributed by atoms with Crippen LogP contribution >= 0.6 is 11.8 Å². The summed E-state index contributed by atoms with van der Waals surface area (Å²) < 4.78 is 4.74. The van der Waals surface area contributed by atoms with E-state index in [9.17, 15) is 9.59 Å². The van der Waals surface area contributed by atoms with Crippen LogP contribution in [0.5, 0.6) is 0 Å². The van der Waals surface area contributed by atoms with Gasteiger partial charge in [0.15, 0.2) is 0 Å². The molecule has 0 aliphatic rings. The second-order valence-corrected chi connectivity index (χ2v) is 4.13. The van der Waals surface area contributed by atoms with Crippen LogP contribution in [0.25, 0.3) is 0 Å². The number of carboxylic acids is 1. The Balaban J connectivity index is 4.03. The smallest absolute Gasteiger partial charge is 0.317 e. The van der Waals surface area contributed by atoms with Crippen molar-refractivity contribution in [1.82, 2.24) is 0 Å². The van der Waals surface area contributed by atoms with Gasteiger partial charge in [-0.15, -0.1) is 0 Å². The third-order valence-electron chi connectivity index (χ3n) is 1.57. The minimum atomic E-state index is -1.31. The van der Waals surface area contributed by atoms with Crippen molar-refractivity contribution < 1.29 is 19.4 Å². The third-order valence-corrected chi connectivity index (χ3v) is 2.71. The highest BCUT2D eigenvalue weighted by Gasteiger charge is 2.35. The van der Waals surface area contributed by atoms with Crippen LogP contribution in [0.4, 0.5) is 0 Å². The number of rotatable bonds is 5. The first-order valence-corrected chi connectivity index (χ1v) is 4.81. The summed E-state index contributed by atoms with van der Waals surface area (Å²) in [5, 5.41) is 8.37. The summed E-state index contributed by atoms with van der Waals surface area (Å²) >= 11 is 0.992. The minimum Gasteiger partial charge on any atom is -0.480 e. The van der Waals surface area contributed by atoms with Crippen molar-refractivity contribution in [2.45, 2.75) is 13.8 Å². The van der Waals surface area contributed by atoms with Crippen LogP contribution in [-0.2, 0) is 14.3 Å². The van der Waals surface area contributed by atoms with Crippen molar-refractivity contribution in [3.05, 3.63) is 0 Å². The number of carboxylic acid groups (broad SMARTS) is 1. The fourth-order valence-corrected chi connectivity index (χ4v) is 1.37. The minimum absolute atomic E-state index is 0.336. The lowest BCUT2D eigenvalue weighted by molar-refractivity contribution is -0.149. The number of aliphatic carboxylic acids is 1. The van der Waals surface area contributed by atoms with Gasteiger partial charge in [0.1, 0.15) is 5.41 Å². The van der Waals surface area contributed by atoms with E-state index in [1.165, 1.54) is 21.0 Å². The molecular formula is C8H14O4S. The molecule has 0 rings (SSSR count). The Morgan fingerprint density at radius 3 is 2.38 bits per heavy atom. The van der Waals surface area contributed by atoms with E-state index in [0.717, 1.165) is 11.8 Å². The van der Waals surface area contributed by atoms with E-state index in [-0.39, 0.29) is 5.12 Å².